The van der Waals surface area contributed by atoms with Crippen LogP contribution in [0.4, 0.5) is 0 Å². The summed E-state index contributed by atoms with van der Waals surface area (Å²) < 4.78 is 27.1. The third-order valence-corrected chi connectivity index (χ3v) is 7.42. The summed E-state index contributed by atoms with van der Waals surface area (Å²) in [4.78, 5) is 0. The monoisotopic (exact) mass is 423 g/mol. The highest BCUT2D eigenvalue weighted by atomic mass is 79.9. The number of sulfonamides is 1. The topological polar surface area (TPSA) is 37.4 Å². The Morgan fingerprint density at radius 3 is 2.47 bits per heavy atom. The summed E-state index contributed by atoms with van der Waals surface area (Å²) in [5, 5.41) is 1.03. The summed E-state index contributed by atoms with van der Waals surface area (Å²) in [5.74, 6) is 0. The zero-order valence-corrected chi connectivity index (χ0v) is 14.8. The van der Waals surface area contributed by atoms with Crippen LogP contribution < -0.4 is 0 Å². The highest BCUT2D eigenvalue weighted by Gasteiger charge is 2.28. The minimum absolute atomic E-state index is 0.0859. The molecule has 98 valence electrons. The van der Waals surface area contributed by atoms with Gasteiger partial charge >= 0.3 is 0 Å². The normalized spacial score (nSPS) is 12.6. The lowest BCUT2D eigenvalue weighted by molar-refractivity contribution is 0.373. The molecule has 0 radical (unpaired) electrons. The molecule has 1 aromatic rings. The van der Waals surface area contributed by atoms with E-state index >= 15 is 0 Å². The molecule has 0 unspecified atom stereocenters. The number of nitrogens with zero attached hydrogens (tertiary/aromatic N) is 1. The number of halogens is 3. The van der Waals surface area contributed by atoms with Crippen LogP contribution >= 0.6 is 54.8 Å². The van der Waals surface area contributed by atoms with Crippen LogP contribution in [-0.4, -0.2) is 30.6 Å². The lowest BCUT2D eigenvalue weighted by Gasteiger charge is -2.24. The fourth-order valence-corrected chi connectivity index (χ4v) is 6.09. The molecule has 0 N–H and O–H groups in total. The van der Waals surface area contributed by atoms with Gasteiger partial charge in [0.15, 0.2) is 0 Å². The molecule has 8 heteroatoms. The highest BCUT2D eigenvalue weighted by Crippen LogP contribution is 2.36. The molecule has 0 saturated carbocycles. The number of alkyl halides is 1. The van der Waals surface area contributed by atoms with Crippen LogP contribution in [0.3, 0.4) is 0 Å². The van der Waals surface area contributed by atoms with Gasteiger partial charge in [0.05, 0.1) is 8.81 Å². The van der Waals surface area contributed by atoms with E-state index in [-0.39, 0.29) is 10.3 Å². The van der Waals surface area contributed by atoms with Crippen LogP contribution in [0.2, 0.25) is 5.02 Å². The molecule has 1 heterocycles. The minimum atomic E-state index is -3.46. The predicted octanol–water partition coefficient (Wildman–Crippen LogP) is 3.96. The lowest BCUT2D eigenvalue weighted by atomic mass is 10.4. The molecule has 0 fully saturated rings. The van der Waals surface area contributed by atoms with Crippen molar-refractivity contribution >= 4 is 64.8 Å². The van der Waals surface area contributed by atoms with E-state index in [1.54, 1.807) is 0 Å². The number of hydrogen-bond donors (Lipinski definition) is 0. The molecule has 0 saturated heterocycles. The molecule has 17 heavy (non-hydrogen) atoms. The van der Waals surface area contributed by atoms with Gasteiger partial charge in [-0.3, -0.25) is 0 Å². The van der Waals surface area contributed by atoms with Crippen molar-refractivity contribution < 1.29 is 8.42 Å². The first kappa shape index (κ1) is 15.9. The second kappa shape index (κ2) is 6.34. The van der Waals surface area contributed by atoms with Crippen LogP contribution in [0.15, 0.2) is 14.1 Å². The van der Waals surface area contributed by atoms with Crippen LogP contribution in [0.5, 0.6) is 0 Å². The van der Waals surface area contributed by atoms with Crippen molar-refractivity contribution in [3.05, 3.63) is 14.9 Å². The first-order valence-corrected chi connectivity index (χ1v) is 9.38. The molecular formula is C9H12Br2ClNO2S2. The van der Waals surface area contributed by atoms with Gasteiger partial charge in [-0.15, -0.1) is 11.3 Å². The number of rotatable bonds is 5. The molecule has 1 aromatic heterocycles. The Bertz CT molecular complexity index is 468. The first-order valence-electron chi connectivity index (χ1n) is 4.83. The maximum Gasteiger partial charge on any atom is 0.252 e. The average Bonchev–Trinajstić information content (AvgIpc) is 2.55. The molecule has 0 aromatic carbocycles. The summed E-state index contributed by atoms with van der Waals surface area (Å²) in [6.07, 6.45) is 0. The molecule has 0 aliphatic rings. The third-order valence-electron chi connectivity index (χ3n) is 2.07. The fraction of sp³-hybridized carbons (Fsp3) is 0.556. The van der Waals surface area contributed by atoms with Gasteiger partial charge in [-0.2, -0.15) is 4.31 Å². The van der Waals surface area contributed by atoms with Crippen molar-refractivity contribution in [3.8, 4) is 0 Å². The Hall–Kier alpha value is 0.860. The van der Waals surface area contributed by atoms with Crippen LogP contribution in [0.1, 0.15) is 13.8 Å². The van der Waals surface area contributed by atoms with Gasteiger partial charge in [-0.05, 0) is 35.8 Å². The quantitative estimate of drug-likeness (QED) is 0.670. The summed E-state index contributed by atoms with van der Waals surface area (Å²) in [6.45, 7) is 4.14. The van der Waals surface area contributed by atoms with E-state index in [1.807, 2.05) is 13.8 Å². The molecule has 0 atom stereocenters. The second-order valence-corrected chi connectivity index (χ2v) is 9.27. The summed E-state index contributed by atoms with van der Waals surface area (Å²) in [6, 6.07) is 1.40. The van der Waals surface area contributed by atoms with Crippen molar-refractivity contribution in [3.63, 3.8) is 0 Å². The standard InChI is InChI=1S/C9H12Br2ClNO2S2/c1-6(2)13(4-3-10)17(14,15)8-5-7(12)9(11)16-8/h5-6H,3-4H2,1-2H3. The van der Waals surface area contributed by atoms with Gasteiger partial charge in [-0.25, -0.2) is 8.42 Å². The van der Waals surface area contributed by atoms with Crippen molar-refractivity contribution in [2.24, 2.45) is 0 Å². The largest absolute Gasteiger partial charge is 0.252 e. The van der Waals surface area contributed by atoms with Gasteiger partial charge in [0.2, 0.25) is 0 Å². The van der Waals surface area contributed by atoms with E-state index in [0.717, 1.165) is 11.3 Å². The smallest absolute Gasteiger partial charge is 0.206 e. The Morgan fingerprint density at radius 1 is 1.53 bits per heavy atom. The third kappa shape index (κ3) is 3.67. The van der Waals surface area contributed by atoms with E-state index in [9.17, 15) is 8.42 Å². The van der Waals surface area contributed by atoms with Gasteiger partial charge in [0.1, 0.15) is 4.21 Å². The summed E-state index contributed by atoms with van der Waals surface area (Å²) >= 11 is 13.5. The fourth-order valence-electron chi connectivity index (χ4n) is 1.31. The minimum Gasteiger partial charge on any atom is -0.206 e. The van der Waals surface area contributed by atoms with E-state index in [4.69, 9.17) is 11.6 Å². The Kier molecular flexibility index (Phi) is 5.94. The van der Waals surface area contributed by atoms with Crippen LogP contribution in [0.25, 0.3) is 0 Å². The van der Waals surface area contributed by atoms with E-state index < -0.39 is 10.0 Å². The molecule has 0 amide bonds. The maximum absolute atomic E-state index is 12.4. The van der Waals surface area contributed by atoms with Crippen molar-refractivity contribution in [1.29, 1.82) is 0 Å². The van der Waals surface area contributed by atoms with Crippen molar-refractivity contribution in [2.75, 3.05) is 11.9 Å². The second-order valence-electron chi connectivity index (χ2n) is 3.59. The average molecular weight is 426 g/mol. The summed E-state index contributed by atoms with van der Waals surface area (Å²) in [5.41, 5.74) is 0. The predicted molar refractivity (Wildman–Crippen MR) is 79.9 cm³/mol. The van der Waals surface area contributed by atoms with Crippen molar-refractivity contribution in [2.45, 2.75) is 24.1 Å². The van der Waals surface area contributed by atoms with Crippen LogP contribution in [0, 0.1) is 0 Å². The van der Waals surface area contributed by atoms with Crippen LogP contribution in [-0.2, 0) is 10.0 Å². The Labute approximate surface area is 127 Å². The molecule has 0 spiro atoms. The highest BCUT2D eigenvalue weighted by molar-refractivity contribution is 9.11. The van der Waals surface area contributed by atoms with Crippen molar-refractivity contribution in [1.82, 2.24) is 4.31 Å². The zero-order chi connectivity index (χ0) is 13.2. The molecule has 1 rings (SSSR count). The van der Waals surface area contributed by atoms with E-state index in [0.29, 0.717) is 20.7 Å². The summed E-state index contributed by atoms with van der Waals surface area (Å²) in [7, 11) is -3.46. The zero-order valence-electron chi connectivity index (χ0n) is 9.28. The molecule has 3 nitrogen and oxygen atoms in total. The van der Waals surface area contributed by atoms with Gasteiger partial charge in [-0.1, -0.05) is 27.5 Å². The maximum atomic E-state index is 12.4. The number of hydrogen-bond acceptors (Lipinski definition) is 3. The first-order chi connectivity index (χ1) is 7.80. The lowest BCUT2D eigenvalue weighted by Crippen LogP contribution is -2.37. The van der Waals surface area contributed by atoms with Gasteiger partial charge in [0.25, 0.3) is 10.0 Å². The molecule has 0 aliphatic carbocycles. The van der Waals surface area contributed by atoms with E-state index in [2.05, 4.69) is 31.9 Å². The molecule has 0 bridgehead atoms. The Morgan fingerprint density at radius 2 is 2.12 bits per heavy atom. The SMILES string of the molecule is CC(C)N(CCBr)S(=O)(=O)c1cc(Cl)c(Br)s1. The molecular weight excluding hydrogens is 413 g/mol. The van der Waals surface area contributed by atoms with Gasteiger partial charge in [0, 0.05) is 17.9 Å². The number of thiophene rings is 1. The van der Waals surface area contributed by atoms with Gasteiger partial charge < -0.3 is 0 Å². The molecule has 0 aliphatic heterocycles. The van der Waals surface area contributed by atoms with E-state index in [1.165, 1.54) is 10.4 Å². The Balaban J connectivity index is 3.16.